The Balaban J connectivity index is 0.979. The molecule has 0 bridgehead atoms. The van der Waals surface area contributed by atoms with Crippen LogP contribution in [0.3, 0.4) is 0 Å². The number of benzene rings is 8. The van der Waals surface area contributed by atoms with Crippen LogP contribution in [0.1, 0.15) is 22.3 Å². The third-order valence-electron chi connectivity index (χ3n) is 11.2. The zero-order chi connectivity index (χ0) is 35.6. The van der Waals surface area contributed by atoms with E-state index < -0.39 is 5.41 Å². The van der Waals surface area contributed by atoms with Crippen LogP contribution < -0.4 is 4.74 Å². The molecule has 1 aromatic heterocycles. The van der Waals surface area contributed by atoms with E-state index in [4.69, 9.17) is 14.7 Å². The molecule has 1 aliphatic heterocycles. The van der Waals surface area contributed by atoms with Gasteiger partial charge in [0.25, 0.3) is 0 Å². The lowest BCUT2D eigenvalue weighted by molar-refractivity contribution is 0.436. The fourth-order valence-corrected chi connectivity index (χ4v) is 8.75. The summed E-state index contributed by atoms with van der Waals surface area (Å²) in [5.74, 6) is 2.52. The minimum atomic E-state index is -0.457. The molecular formula is C51H32N2O. The summed E-state index contributed by atoms with van der Waals surface area (Å²) >= 11 is 0. The molecule has 252 valence electrons. The fourth-order valence-electron chi connectivity index (χ4n) is 8.75. The zero-order valence-electron chi connectivity index (χ0n) is 29.3. The topological polar surface area (TPSA) is 35.0 Å². The van der Waals surface area contributed by atoms with E-state index in [-0.39, 0.29) is 0 Å². The summed E-state index contributed by atoms with van der Waals surface area (Å²) in [6.45, 7) is 0. The highest BCUT2D eigenvalue weighted by Gasteiger charge is 2.50. The fraction of sp³-hybridized carbons (Fsp3) is 0.0196. The molecule has 0 amide bonds. The molecule has 0 saturated heterocycles. The summed E-state index contributed by atoms with van der Waals surface area (Å²) in [6.07, 6.45) is 0. The largest absolute Gasteiger partial charge is 0.457 e. The van der Waals surface area contributed by atoms with Gasteiger partial charge in [-0.2, -0.15) is 0 Å². The smallest absolute Gasteiger partial charge is 0.160 e. The molecule has 54 heavy (non-hydrogen) atoms. The van der Waals surface area contributed by atoms with Crippen LogP contribution in [-0.2, 0) is 5.41 Å². The van der Waals surface area contributed by atoms with Crippen LogP contribution >= 0.6 is 0 Å². The predicted molar refractivity (Wildman–Crippen MR) is 219 cm³/mol. The third kappa shape index (κ3) is 4.55. The first-order chi connectivity index (χ1) is 26.8. The Hall–Kier alpha value is -7.10. The Kier molecular flexibility index (Phi) is 6.77. The lowest BCUT2D eigenvalue weighted by Crippen LogP contribution is -2.32. The van der Waals surface area contributed by atoms with E-state index in [1.807, 2.05) is 24.3 Å². The lowest BCUT2D eigenvalue weighted by Gasteiger charge is -2.39. The van der Waals surface area contributed by atoms with Crippen LogP contribution in [0, 0.1) is 0 Å². The maximum atomic E-state index is 6.76. The molecule has 9 aromatic rings. The van der Waals surface area contributed by atoms with Crippen LogP contribution in [0.4, 0.5) is 0 Å². The van der Waals surface area contributed by atoms with E-state index >= 15 is 0 Å². The second-order valence-electron chi connectivity index (χ2n) is 14.1. The molecule has 3 nitrogen and oxygen atoms in total. The van der Waals surface area contributed by atoms with Gasteiger partial charge in [-0.3, -0.25) is 0 Å². The van der Waals surface area contributed by atoms with Gasteiger partial charge in [-0.15, -0.1) is 0 Å². The van der Waals surface area contributed by atoms with Crippen molar-refractivity contribution in [2.45, 2.75) is 5.41 Å². The van der Waals surface area contributed by atoms with Crippen molar-refractivity contribution in [1.82, 2.24) is 9.97 Å². The number of rotatable bonds is 4. The highest BCUT2D eigenvalue weighted by molar-refractivity contribution is 5.94. The molecule has 0 atom stereocenters. The molecule has 0 radical (unpaired) electrons. The number of nitrogens with zero attached hydrogens (tertiary/aromatic N) is 2. The summed E-state index contributed by atoms with van der Waals surface area (Å²) in [7, 11) is 0. The van der Waals surface area contributed by atoms with Crippen molar-refractivity contribution in [3.05, 3.63) is 216 Å². The molecule has 2 aliphatic rings. The zero-order valence-corrected chi connectivity index (χ0v) is 29.3. The van der Waals surface area contributed by atoms with Gasteiger partial charge >= 0.3 is 0 Å². The highest BCUT2D eigenvalue weighted by atomic mass is 16.5. The average molecular weight is 689 g/mol. The summed E-state index contributed by atoms with van der Waals surface area (Å²) < 4.78 is 6.76. The molecule has 0 unspecified atom stereocenters. The van der Waals surface area contributed by atoms with Gasteiger partial charge in [0, 0.05) is 27.6 Å². The molecule has 1 spiro atoms. The third-order valence-corrected chi connectivity index (χ3v) is 11.2. The van der Waals surface area contributed by atoms with E-state index in [0.717, 1.165) is 67.3 Å². The number of fused-ring (bicyclic) bond motifs is 10. The number of aromatic nitrogens is 2. The monoisotopic (exact) mass is 688 g/mol. The van der Waals surface area contributed by atoms with Crippen LogP contribution in [0.15, 0.2) is 194 Å². The van der Waals surface area contributed by atoms with Crippen LogP contribution in [0.25, 0.3) is 66.9 Å². The summed E-state index contributed by atoms with van der Waals surface area (Å²) in [6, 6.07) is 68.9. The number of para-hydroxylation sites is 2. The Labute approximate surface area is 313 Å². The summed E-state index contributed by atoms with van der Waals surface area (Å²) in [4.78, 5) is 10.0. The predicted octanol–water partition coefficient (Wildman–Crippen LogP) is 12.8. The minimum Gasteiger partial charge on any atom is -0.457 e. The standard InChI is InChI=1S/C51H32N2O/c1-2-13-35(14-3-1)50-52-46-23-10-6-19-41(46)49(53-50)38-16-12-15-36(31-38)33-25-27-34(28-26-33)37-29-30-45-48(32-37)54-47-24-11-9-22-44(47)51(45)42-20-7-4-17-39(42)40-18-5-8-21-43(40)51/h1-32H. The van der Waals surface area contributed by atoms with Crippen molar-refractivity contribution >= 4 is 10.9 Å². The van der Waals surface area contributed by atoms with Crippen molar-refractivity contribution in [2.24, 2.45) is 0 Å². The Bertz CT molecular complexity index is 2870. The molecule has 1 aliphatic carbocycles. The molecule has 0 fully saturated rings. The maximum Gasteiger partial charge on any atom is 0.160 e. The van der Waals surface area contributed by atoms with Crippen LogP contribution in [0.2, 0.25) is 0 Å². The second-order valence-corrected chi connectivity index (χ2v) is 14.1. The quantitative estimate of drug-likeness (QED) is 0.185. The Morgan fingerprint density at radius 1 is 0.352 bits per heavy atom. The van der Waals surface area contributed by atoms with Crippen molar-refractivity contribution in [2.75, 3.05) is 0 Å². The van der Waals surface area contributed by atoms with Crippen LogP contribution in [0.5, 0.6) is 11.5 Å². The van der Waals surface area contributed by atoms with E-state index in [2.05, 4.69) is 170 Å². The second kappa shape index (κ2) is 12.0. The van der Waals surface area contributed by atoms with Gasteiger partial charge in [0.1, 0.15) is 11.5 Å². The van der Waals surface area contributed by atoms with Gasteiger partial charge < -0.3 is 4.74 Å². The molecular weight excluding hydrogens is 657 g/mol. The maximum absolute atomic E-state index is 6.76. The first-order valence-corrected chi connectivity index (χ1v) is 18.4. The molecule has 11 rings (SSSR count). The summed E-state index contributed by atoms with van der Waals surface area (Å²) in [5, 5.41) is 1.04. The van der Waals surface area contributed by atoms with E-state index in [1.165, 1.54) is 33.4 Å². The van der Waals surface area contributed by atoms with Crippen molar-refractivity contribution in [3.8, 4) is 67.5 Å². The Morgan fingerprint density at radius 3 is 1.67 bits per heavy atom. The van der Waals surface area contributed by atoms with Crippen molar-refractivity contribution < 1.29 is 4.74 Å². The highest BCUT2D eigenvalue weighted by Crippen LogP contribution is 2.62. The van der Waals surface area contributed by atoms with Gasteiger partial charge in [0.15, 0.2) is 5.82 Å². The average Bonchev–Trinajstić information content (AvgIpc) is 3.54. The molecule has 0 saturated carbocycles. The number of hydrogen-bond acceptors (Lipinski definition) is 3. The molecule has 0 N–H and O–H groups in total. The van der Waals surface area contributed by atoms with E-state index in [1.54, 1.807) is 0 Å². The first-order valence-electron chi connectivity index (χ1n) is 18.4. The molecule has 2 heterocycles. The Morgan fingerprint density at radius 2 is 0.907 bits per heavy atom. The first kappa shape index (κ1) is 30.5. The van der Waals surface area contributed by atoms with Gasteiger partial charge in [0.05, 0.1) is 16.6 Å². The van der Waals surface area contributed by atoms with Crippen LogP contribution in [-0.4, -0.2) is 9.97 Å². The number of ether oxygens (including phenoxy) is 1. The SMILES string of the molecule is c1ccc(-c2nc(-c3cccc(-c4ccc(-c5ccc6c(c5)Oc5ccccc5C65c6ccccc6-c6ccccc65)cc4)c3)c3ccccc3n2)cc1. The van der Waals surface area contributed by atoms with E-state index in [0.29, 0.717) is 0 Å². The number of hydrogen-bond donors (Lipinski definition) is 0. The van der Waals surface area contributed by atoms with Gasteiger partial charge in [-0.25, -0.2) is 9.97 Å². The lowest BCUT2D eigenvalue weighted by atomic mass is 9.66. The van der Waals surface area contributed by atoms with Gasteiger partial charge in [-0.05, 0) is 68.8 Å². The molecule has 8 aromatic carbocycles. The van der Waals surface area contributed by atoms with Crippen molar-refractivity contribution in [3.63, 3.8) is 0 Å². The normalized spacial score (nSPS) is 13.1. The van der Waals surface area contributed by atoms with Crippen molar-refractivity contribution in [1.29, 1.82) is 0 Å². The molecule has 3 heteroatoms. The van der Waals surface area contributed by atoms with Gasteiger partial charge in [-0.1, -0.05) is 170 Å². The minimum absolute atomic E-state index is 0.457. The van der Waals surface area contributed by atoms with Gasteiger partial charge in [0.2, 0.25) is 0 Å². The van der Waals surface area contributed by atoms with E-state index in [9.17, 15) is 0 Å². The summed E-state index contributed by atoms with van der Waals surface area (Å²) in [5.41, 5.74) is 15.5.